The van der Waals surface area contributed by atoms with E-state index in [0.717, 1.165) is 24.4 Å². The number of halogens is 1. The molecule has 104 valence electrons. The van der Waals surface area contributed by atoms with Gasteiger partial charge in [-0.2, -0.15) is 0 Å². The number of carbonyl (C=O) groups excluding carboxylic acids is 1. The smallest absolute Gasteiger partial charge is 0.255 e. The molecule has 1 amide bonds. The molecular formula is C14H19ClN2OS. The highest BCUT2D eigenvalue weighted by Gasteiger charge is 2.29. The van der Waals surface area contributed by atoms with Crippen molar-refractivity contribution < 1.29 is 4.79 Å². The highest BCUT2D eigenvalue weighted by Crippen LogP contribution is 2.27. The molecule has 1 saturated heterocycles. The SMILES string of the molecule is CSc1ccc(Cl)c(C(=O)N2CCC(C(C)N)C2)c1. The summed E-state index contributed by atoms with van der Waals surface area (Å²) in [5.74, 6) is 0.413. The summed E-state index contributed by atoms with van der Waals surface area (Å²) in [5, 5.41) is 0.520. The molecule has 3 nitrogen and oxygen atoms in total. The number of hydrogen-bond acceptors (Lipinski definition) is 3. The van der Waals surface area contributed by atoms with E-state index in [0.29, 0.717) is 16.5 Å². The van der Waals surface area contributed by atoms with Gasteiger partial charge in [0.1, 0.15) is 0 Å². The van der Waals surface area contributed by atoms with Crippen LogP contribution >= 0.6 is 23.4 Å². The average molecular weight is 299 g/mol. The zero-order chi connectivity index (χ0) is 14.0. The summed E-state index contributed by atoms with van der Waals surface area (Å²) in [6.07, 6.45) is 2.96. The molecule has 1 aliphatic heterocycles. The largest absolute Gasteiger partial charge is 0.338 e. The van der Waals surface area contributed by atoms with Crippen LogP contribution in [-0.4, -0.2) is 36.2 Å². The third kappa shape index (κ3) is 3.25. The van der Waals surface area contributed by atoms with E-state index in [1.165, 1.54) is 0 Å². The number of hydrogen-bond donors (Lipinski definition) is 1. The molecule has 2 atom stereocenters. The van der Waals surface area contributed by atoms with Crippen molar-refractivity contribution in [2.75, 3.05) is 19.3 Å². The molecule has 2 N–H and O–H groups in total. The number of nitrogens with zero attached hydrogens (tertiary/aromatic N) is 1. The third-order valence-electron chi connectivity index (χ3n) is 3.66. The molecule has 1 heterocycles. The standard InChI is InChI=1S/C14H19ClN2OS/c1-9(16)10-5-6-17(8-10)14(18)12-7-11(19-2)3-4-13(12)15/h3-4,7,9-10H,5-6,8,16H2,1-2H3. The van der Waals surface area contributed by atoms with Crippen LogP contribution in [0.1, 0.15) is 23.7 Å². The van der Waals surface area contributed by atoms with Crippen molar-refractivity contribution in [3.05, 3.63) is 28.8 Å². The highest BCUT2D eigenvalue weighted by atomic mass is 35.5. The fraction of sp³-hybridized carbons (Fsp3) is 0.500. The number of benzene rings is 1. The highest BCUT2D eigenvalue weighted by molar-refractivity contribution is 7.98. The van der Waals surface area contributed by atoms with Crippen molar-refractivity contribution in [2.45, 2.75) is 24.3 Å². The molecule has 1 fully saturated rings. The number of nitrogens with two attached hydrogens (primary N) is 1. The Morgan fingerprint density at radius 3 is 2.89 bits per heavy atom. The lowest BCUT2D eigenvalue weighted by molar-refractivity contribution is 0.0786. The summed E-state index contributed by atoms with van der Waals surface area (Å²) in [7, 11) is 0. The normalized spacial score (nSPS) is 20.6. The van der Waals surface area contributed by atoms with Gasteiger partial charge < -0.3 is 10.6 Å². The fourth-order valence-corrected chi connectivity index (χ4v) is 3.00. The molecular weight excluding hydrogens is 280 g/mol. The summed E-state index contributed by atoms with van der Waals surface area (Å²) in [5.41, 5.74) is 6.50. The van der Waals surface area contributed by atoms with E-state index in [1.54, 1.807) is 17.8 Å². The van der Waals surface area contributed by atoms with Gasteiger partial charge in [-0.15, -0.1) is 11.8 Å². The monoisotopic (exact) mass is 298 g/mol. The van der Waals surface area contributed by atoms with E-state index < -0.39 is 0 Å². The average Bonchev–Trinajstić information content (AvgIpc) is 2.88. The molecule has 2 rings (SSSR count). The van der Waals surface area contributed by atoms with Gasteiger partial charge in [-0.05, 0) is 43.7 Å². The lowest BCUT2D eigenvalue weighted by Gasteiger charge is -2.19. The molecule has 0 radical (unpaired) electrons. The molecule has 0 saturated carbocycles. The summed E-state index contributed by atoms with van der Waals surface area (Å²) in [6, 6.07) is 5.72. The lowest BCUT2D eigenvalue weighted by atomic mass is 10.0. The lowest BCUT2D eigenvalue weighted by Crippen LogP contribution is -2.33. The minimum Gasteiger partial charge on any atom is -0.338 e. The second-order valence-corrected chi connectivity index (χ2v) is 6.29. The van der Waals surface area contributed by atoms with Crippen LogP contribution in [0.2, 0.25) is 5.02 Å². The summed E-state index contributed by atoms with van der Waals surface area (Å²) in [4.78, 5) is 15.4. The molecule has 1 aromatic carbocycles. The minimum absolute atomic E-state index is 0.0176. The van der Waals surface area contributed by atoms with Gasteiger partial charge in [0, 0.05) is 24.0 Å². The second kappa shape index (κ2) is 6.16. The van der Waals surface area contributed by atoms with Crippen molar-refractivity contribution in [3.63, 3.8) is 0 Å². The van der Waals surface area contributed by atoms with Crippen LogP contribution in [0.25, 0.3) is 0 Å². The summed E-state index contributed by atoms with van der Waals surface area (Å²) < 4.78 is 0. The van der Waals surface area contributed by atoms with E-state index in [-0.39, 0.29) is 11.9 Å². The Hall–Kier alpha value is -0.710. The first kappa shape index (κ1) is 14.7. The van der Waals surface area contributed by atoms with E-state index in [4.69, 9.17) is 17.3 Å². The Kier molecular flexibility index (Phi) is 4.76. The Balaban J connectivity index is 2.16. The zero-order valence-electron chi connectivity index (χ0n) is 11.2. The van der Waals surface area contributed by atoms with Gasteiger partial charge in [0.15, 0.2) is 0 Å². The van der Waals surface area contributed by atoms with Gasteiger partial charge in [-0.3, -0.25) is 4.79 Å². The van der Waals surface area contributed by atoms with Crippen LogP contribution in [0, 0.1) is 5.92 Å². The Bertz CT molecular complexity index is 479. The molecule has 1 aromatic rings. The maximum absolute atomic E-state index is 12.5. The first-order valence-electron chi connectivity index (χ1n) is 6.41. The van der Waals surface area contributed by atoms with Gasteiger partial charge in [0.05, 0.1) is 10.6 Å². The molecule has 0 aromatic heterocycles. The number of rotatable bonds is 3. The fourth-order valence-electron chi connectivity index (χ4n) is 2.37. The van der Waals surface area contributed by atoms with Crippen LogP contribution in [0.3, 0.4) is 0 Å². The third-order valence-corrected chi connectivity index (χ3v) is 4.71. The molecule has 1 aliphatic rings. The van der Waals surface area contributed by atoms with E-state index >= 15 is 0 Å². The van der Waals surface area contributed by atoms with Crippen molar-refractivity contribution >= 4 is 29.3 Å². The van der Waals surface area contributed by atoms with Crippen LogP contribution in [-0.2, 0) is 0 Å². The van der Waals surface area contributed by atoms with E-state index in [9.17, 15) is 4.79 Å². The van der Waals surface area contributed by atoms with Gasteiger partial charge in [-0.1, -0.05) is 11.6 Å². The Labute approximate surface area is 123 Å². The first-order valence-corrected chi connectivity index (χ1v) is 8.01. The minimum atomic E-state index is 0.0176. The van der Waals surface area contributed by atoms with E-state index in [1.807, 2.05) is 30.2 Å². The van der Waals surface area contributed by atoms with Crippen molar-refractivity contribution in [3.8, 4) is 0 Å². The molecule has 0 spiro atoms. The van der Waals surface area contributed by atoms with Gasteiger partial charge in [0.2, 0.25) is 0 Å². The first-order chi connectivity index (χ1) is 9.02. The maximum atomic E-state index is 12.5. The zero-order valence-corrected chi connectivity index (χ0v) is 12.8. The second-order valence-electron chi connectivity index (χ2n) is 5.00. The molecule has 5 heteroatoms. The quantitative estimate of drug-likeness (QED) is 0.873. The van der Waals surface area contributed by atoms with Crippen LogP contribution < -0.4 is 5.73 Å². The number of likely N-dealkylation sites (tertiary alicyclic amines) is 1. The van der Waals surface area contributed by atoms with Gasteiger partial charge in [0.25, 0.3) is 5.91 Å². The molecule has 0 bridgehead atoms. The molecule has 19 heavy (non-hydrogen) atoms. The predicted octanol–water partition coefficient (Wildman–Crippen LogP) is 2.87. The van der Waals surface area contributed by atoms with E-state index in [2.05, 4.69) is 0 Å². The number of carbonyl (C=O) groups is 1. The van der Waals surface area contributed by atoms with Crippen molar-refractivity contribution in [2.24, 2.45) is 11.7 Å². The number of amides is 1. The van der Waals surface area contributed by atoms with Gasteiger partial charge in [-0.25, -0.2) is 0 Å². The maximum Gasteiger partial charge on any atom is 0.255 e. The number of thioether (sulfide) groups is 1. The Morgan fingerprint density at radius 2 is 2.32 bits per heavy atom. The topological polar surface area (TPSA) is 46.3 Å². The van der Waals surface area contributed by atoms with Crippen LogP contribution in [0.5, 0.6) is 0 Å². The molecule has 2 unspecified atom stereocenters. The van der Waals surface area contributed by atoms with Crippen LogP contribution in [0.15, 0.2) is 23.1 Å². The predicted molar refractivity (Wildman–Crippen MR) is 80.9 cm³/mol. The van der Waals surface area contributed by atoms with Crippen molar-refractivity contribution in [1.82, 2.24) is 4.90 Å². The van der Waals surface area contributed by atoms with Gasteiger partial charge >= 0.3 is 0 Å². The Morgan fingerprint density at radius 1 is 1.58 bits per heavy atom. The van der Waals surface area contributed by atoms with Crippen molar-refractivity contribution in [1.29, 1.82) is 0 Å². The van der Waals surface area contributed by atoms with Crippen LogP contribution in [0.4, 0.5) is 0 Å². The molecule has 0 aliphatic carbocycles. The summed E-state index contributed by atoms with van der Waals surface area (Å²) >= 11 is 7.75. The summed E-state index contributed by atoms with van der Waals surface area (Å²) in [6.45, 7) is 3.50.